The monoisotopic (exact) mass is 250 g/mol. The van der Waals surface area contributed by atoms with Gasteiger partial charge in [-0.2, -0.15) is 0 Å². The van der Waals surface area contributed by atoms with Crippen molar-refractivity contribution in [1.29, 1.82) is 0 Å². The van der Waals surface area contributed by atoms with E-state index >= 15 is 0 Å². The summed E-state index contributed by atoms with van der Waals surface area (Å²) in [5.41, 5.74) is 0. The van der Waals surface area contributed by atoms with Crippen LogP contribution in [0.4, 0.5) is 0 Å². The molecular formula is C11H22O6. The van der Waals surface area contributed by atoms with Crippen molar-refractivity contribution in [2.45, 2.75) is 52.2 Å². The first-order chi connectivity index (χ1) is 7.82. The fourth-order valence-corrected chi connectivity index (χ4v) is 0.645. The third-order valence-electron chi connectivity index (χ3n) is 1.69. The zero-order valence-electron chi connectivity index (χ0n) is 10.5. The maximum absolute atomic E-state index is 10.6. The van der Waals surface area contributed by atoms with E-state index in [2.05, 4.69) is 6.92 Å². The van der Waals surface area contributed by atoms with E-state index in [9.17, 15) is 9.59 Å². The normalized spacial score (nSPS) is 13.0. The van der Waals surface area contributed by atoms with Crippen molar-refractivity contribution in [2.75, 3.05) is 6.61 Å². The number of aliphatic hydroxyl groups excluding tert-OH is 2. The quantitative estimate of drug-likeness (QED) is 0.470. The van der Waals surface area contributed by atoms with Gasteiger partial charge in [-0.25, -0.2) is 9.59 Å². The average molecular weight is 250 g/mol. The number of carboxylic acids is 1. The molecule has 102 valence electrons. The molecule has 6 nitrogen and oxygen atoms in total. The lowest BCUT2D eigenvalue weighted by molar-refractivity contribution is -0.152. The first kappa shape index (κ1) is 18.2. The molecule has 0 spiro atoms. The van der Waals surface area contributed by atoms with Crippen LogP contribution in [-0.2, 0) is 14.3 Å². The van der Waals surface area contributed by atoms with Crippen LogP contribution in [0.3, 0.4) is 0 Å². The topological polar surface area (TPSA) is 104 Å². The van der Waals surface area contributed by atoms with Gasteiger partial charge in [0.25, 0.3) is 0 Å². The van der Waals surface area contributed by atoms with Gasteiger partial charge >= 0.3 is 11.9 Å². The minimum Gasteiger partial charge on any atom is -0.479 e. The van der Waals surface area contributed by atoms with Gasteiger partial charge in [0, 0.05) is 0 Å². The van der Waals surface area contributed by atoms with Crippen molar-refractivity contribution in [3.05, 3.63) is 0 Å². The fraction of sp³-hybridized carbons (Fsp3) is 0.818. The molecular weight excluding hydrogens is 228 g/mol. The lowest BCUT2D eigenvalue weighted by atomic mass is 10.3. The highest BCUT2D eigenvalue weighted by atomic mass is 16.5. The third kappa shape index (κ3) is 14.9. The summed E-state index contributed by atoms with van der Waals surface area (Å²) in [6.45, 7) is 5.11. The number of esters is 1. The van der Waals surface area contributed by atoms with E-state index in [0.717, 1.165) is 19.3 Å². The van der Waals surface area contributed by atoms with Gasteiger partial charge in [-0.1, -0.05) is 19.8 Å². The summed E-state index contributed by atoms with van der Waals surface area (Å²) in [6, 6.07) is 0. The van der Waals surface area contributed by atoms with E-state index in [-0.39, 0.29) is 0 Å². The van der Waals surface area contributed by atoms with Crippen LogP contribution in [0.15, 0.2) is 0 Å². The number of ether oxygens (including phenoxy) is 1. The first-order valence-electron chi connectivity index (χ1n) is 5.58. The van der Waals surface area contributed by atoms with Crippen molar-refractivity contribution in [3.63, 3.8) is 0 Å². The van der Waals surface area contributed by atoms with Crippen LogP contribution >= 0.6 is 0 Å². The molecule has 2 atom stereocenters. The number of carbonyl (C=O) groups excluding carboxylic acids is 1. The Morgan fingerprint density at radius 3 is 1.88 bits per heavy atom. The van der Waals surface area contributed by atoms with Crippen molar-refractivity contribution in [1.82, 2.24) is 0 Å². The number of carbonyl (C=O) groups is 2. The molecule has 0 amide bonds. The number of aliphatic carboxylic acids is 1. The number of rotatable bonds is 6. The molecule has 0 aromatic heterocycles. The zero-order valence-corrected chi connectivity index (χ0v) is 10.5. The Labute approximate surface area is 101 Å². The lowest BCUT2D eigenvalue weighted by Crippen LogP contribution is -2.19. The van der Waals surface area contributed by atoms with Crippen molar-refractivity contribution < 1.29 is 29.6 Å². The second-order valence-corrected chi connectivity index (χ2v) is 3.56. The molecule has 6 heteroatoms. The highest BCUT2D eigenvalue weighted by molar-refractivity contribution is 5.73. The van der Waals surface area contributed by atoms with Crippen LogP contribution in [0, 0.1) is 0 Å². The summed E-state index contributed by atoms with van der Waals surface area (Å²) in [4.78, 5) is 20.1. The number of carboxylic acid groups (broad SMARTS) is 1. The Hall–Kier alpha value is -1.14. The summed E-state index contributed by atoms with van der Waals surface area (Å²) in [7, 11) is 0. The predicted molar refractivity (Wildman–Crippen MR) is 61.5 cm³/mol. The summed E-state index contributed by atoms with van der Waals surface area (Å²) in [5, 5.41) is 24.5. The van der Waals surface area contributed by atoms with Gasteiger partial charge in [0.2, 0.25) is 0 Å². The standard InChI is InChI=1S/C8H16O3.C3H6O3/c1-3-4-5-6-11-8(10)7(2)9;1-2(4)3(5)6/h7,9H,3-6H2,1-2H3;2,4H,1H3,(H,5,6). The molecule has 3 N–H and O–H groups in total. The number of hydrogen-bond acceptors (Lipinski definition) is 5. The maximum Gasteiger partial charge on any atom is 0.334 e. The summed E-state index contributed by atoms with van der Waals surface area (Å²) in [5.74, 6) is -1.71. The highest BCUT2D eigenvalue weighted by Crippen LogP contribution is 1.95. The third-order valence-corrected chi connectivity index (χ3v) is 1.69. The molecule has 2 unspecified atom stereocenters. The molecule has 0 fully saturated rings. The van der Waals surface area contributed by atoms with Gasteiger partial charge in [0.05, 0.1) is 6.61 Å². The van der Waals surface area contributed by atoms with Gasteiger partial charge in [0.1, 0.15) is 12.2 Å². The molecule has 0 radical (unpaired) electrons. The first-order valence-corrected chi connectivity index (χ1v) is 5.58. The predicted octanol–water partition coefficient (Wildman–Crippen LogP) is 0.552. The Morgan fingerprint density at radius 1 is 1.12 bits per heavy atom. The molecule has 0 aliphatic heterocycles. The van der Waals surface area contributed by atoms with Gasteiger partial charge in [-0.15, -0.1) is 0 Å². The highest BCUT2D eigenvalue weighted by Gasteiger charge is 2.08. The van der Waals surface area contributed by atoms with E-state index in [4.69, 9.17) is 20.1 Å². The smallest absolute Gasteiger partial charge is 0.334 e. The number of hydrogen-bond donors (Lipinski definition) is 3. The Bertz CT molecular complexity index is 212. The minimum atomic E-state index is -1.23. The zero-order chi connectivity index (χ0) is 13.8. The molecule has 0 saturated heterocycles. The summed E-state index contributed by atoms with van der Waals surface area (Å²) < 4.78 is 4.72. The van der Waals surface area contributed by atoms with Crippen molar-refractivity contribution in [2.24, 2.45) is 0 Å². The molecule has 0 aliphatic carbocycles. The van der Waals surface area contributed by atoms with E-state index in [0.29, 0.717) is 6.61 Å². The molecule has 0 heterocycles. The van der Waals surface area contributed by atoms with Crippen LogP contribution < -0.4 is 0 Å². The van der Waals surface area contributed by atoms with Crippen LogP contribution in [-0.4, -0.2) is 46.1 Å². The second-order valence-electron chi connectivity index (χ2n) is 3.56. The summed E-state index contributed by atoms with van der Waals surface area (Å²) >= 11 is 0. The van der Waals surface area contributed by atoms with Crippen LogP contribution in [0.2, 0.25) is 0 Å². The SMILES string of the molecule is CC(O)C(=O)O.CCCCCOC(=O)C(C)O. The molecule has 0 aromatic rings. The van der Waals surface area contributed by atoms with Gasteiger partial charge in [-0.05, 0) is 20.3 Å². The Kier molecular flexibility index (Phi) is 12.2. The number of unbranched alkanes of at least 4 members (excludes halogenated alkanes) is 2. The van der Waals surface area contributed by atoms with Crippen LogP contribution in [0.25, 0.3) is 0 Å². The van der Waals surface area contributed by atoms with E-state index in [1.807, 2.05) is 0 Å². The van der Waals surface area contributed by atoms with Gasteiger partial charge < -0.3 is 20.1 Å². The lowest BCUT2D eigenvalue weighted by Gasteiger charge is -2.04. The molecule has 17 heavy (non-hydrogen) atoms. The number of aliphatic hydroxyl groups is 2. The largest absolute Gasteiger partial charge is 0.479 e. The van der Waals surface area contributed by atoms with Gasteiger partial charge in [0.15, 0.2) is 0 Å². The van der Waals surface area contributed by atoms with E-state index < -0.39 is 24.1 Å². The molecule has 0 bridgehead atoms. The van der Waals surface area contributed by atoms with Crippen LogP contribution in [0.1, 0.15) is 40.0 Å². The van der Waals surface area contributed by atoms with Crippen LogP contribution in [0.5, 0.6) is 0 Å². The minimum absolute atomic E-state index is 0.428. The van der Waals surface area contributed by atoms with E-state index in [1.165, 1.54) is 13.8 Å². The average Bonchev–Trinajstić information content (AvgIpc) is 2.24. The molecule has 0 saturated carbocycles. The molecule has 0 aromatic carbocycles. The van der Waals surface area contributed by atoms with E-state index in [1.54, 1.807) is 0 Å². The molecule has 0 rings (SSSR count). The van der Waals surface area contributed by atoms with Crippen molar-refractivity contribution >= 4 is 11.9 Å². The second kappa shape index (κ2) is 11.3. The van der Waals surface area contributed by atoms with Gasteiger partial charge in [-0.3, -0.25) is 0 Å². The Balaban J connectivity index is 0. The summed E-state index contributed by atoms with van der Waals surface area (Å²) in [6.07, 6.45) is 0.829. The fourth-order valence-electron chi connectivity index (χ4n) is 0.645. The Morgan fingerprint density at radius 2 is 1.59 bits per heavy atom. The maximum atomic E-state index is 10.6. The van der Waals surface area contributed by atoms with Crippen molar-refractivity contribution in [3.8, 4) is 0 Å². The molecule has 0 aliphatic rings.